The van der Waals surface area contributed by atoms with Crippen LogP contribution in [0.25, 0.3) is 0 Å². The van der Waals surface area contributed by atoms with Gasteiger partial charge in [0.1, 0.15) is 24.9 Å². The van der Waals surface area contributed by atoms with Gasteiger partial charge in [-0.15, -0.1) is 0 Å². The van der Waals surface area contributed by atoms with Gasteiger partial charge in [0.25, 0.3) is 0 Å². The molecule has 0 saturated carbocycles. The lowest BCUT2D eigenvalue weighted by atomic mass is 9.96. The minimum absolute atomic E-state index is 0.331. The van der Waals surface area contributed by atoms with Gasteiger partial charge in [0.05, 0.1) is 11.5 Å². The molecule has 0 aromatic rings. The first kappa shape index (κ1) is 29.5. The summed E-state index contributed by atoms with van der Waals surface area (Å²) in [5, 5.41) is 11.3. The third-order valence-electron chi connectivity index (χ3n) is 6.30. The highest BCUT2D eigenvalue weighted by atomic mass is 16.7. The third-order valence-corrected chi connectivity index (χ3v) is 6.30. The van der Waals surface area contributed by atoms with E-state index < -0.39 is 83.6 Å². The van der Waals surface area contributed by atoms with Crippen molar-refractivity contribution in [2.24, 2.45) is 5.41 Å². The molecule has 2 heterocycles. The molecule has 0 aromatic heterocycles. The number of fused-ring (bicyclic) bond motifs is 1. The van der Waals surface area contributed by atoms with Crippen molar-refractivity contribution in [1.29, 1.82) is 0 Å². The van der Waals surface area contributed by atoms with Crippen molar-refractivity contribution >= 4 is 29.8 Å². The minimum atomic E-state index is -1.58. The van der Waals surface area contributed by atoms with Crippen LogP contribution in [0.15, 0.2) is 12.2 Å². The fourth-order valence-corrected chi connectivity index (χ4v) is 4.69. The van der Waals surface area contributed by atoms with Gasteiger partial charge in [0, 0.05) is 33.7 Å². The van der Waals surface area contributed by atoms with E-state index in [0.717, 1.165) is 20.8 Å². The lowest BCUT2D eigenvalue weighted by molar-refractivity contribution is -0.270. The first-order valence-electron chi connectivity index (χ1n) is 12.2. The maximum Gasteiger partial charge on any atom is 0.311 e. The van der Waals surface area contributed by atoms with Crippen LogP contribution in [0.3, 0.4) is 0 Å². The number of hydrogen-bond donors (Lipinski definition) is 1. The smallest absolute Gasteiger partial charge is 0.311 e. The van der Waals surface area contributed by atoms with E-state index in [4.69, 9.17) is 28.4 Å². The van der Waals surface area contributed by atoms with Crippen LogP contribution in [-0.4, -0.2) is 101 Å². The lowest BCUT2D eigenvalue weighted by Gasteiger charge is -2.45. The molecule has 0 radical (unpaired) electrons. The lowest BCUT2D eigenvalue weighted by Crippen LogP contribution is -2.64. The standard InChI is InChI=1S/C25H35NO12/c1-12(27)33-10-17-18(35-13(2)28)19(36-14(3)29)20(37-15(4)30)22(38-17)26-16-8-9-25(32,21(16)26)11-34-23(31)24(5,6)7/h8-9,16-22,32H,10-11H2,1-7H3/t16-,17-,18-,19+,20-,21-,22+,25+,26?/m1/s1. The molecule has 9 atom stereocenters. The van der Waals surface area contributed by atoms with Crippen molar-refractivity contribution in [2.75, 3.05) is 13.2 Å². The first-order valence-corrected chi connectivity index (χ1v) is 12.2. The Morgan fingerprint density at radius 3 is 1.95 bits per heavy atom. The molecule has 3 rings (SSSR count). The van der Waals surface area contributed by atoms with Gasteiger partial charge < -0.3 is 33.5 Å². The number of carbonyl (C=O) groups excluding carboxylic acids is 5. The minimum Gasteiger partial charge on any atom is -0.463 e. The molecule has 1 unspecified atom stereocenters. The molecular formula is C25H35NO12. The first-order chi connectivity index (χ1) is 17.5. The Morgan fingerprint density at radius 1 is 0.868 bits per heavy atom. The van der Waals surface area contributed by atoms with E-state index in [0.29, 0.717) is 0 Å². The molecule has 1 aliphatic carbocycles. The van der Waals surface area contributed by atoms with Crippen molar-refractivity contribution < 1.29 is 57.5 Å². The Hall–Kier alpha value is -3.03. The number of rotatable bonds is 8. The van der Waals surface area contributed by atoms with E-state index in [9.17, 15) is 29.1 Å². The molecule has 2 aliphatic heterocycles. The van der Waals surface area contributed by atoms with Crippen molar-refractivity contribution in [3.05, 3.63) is 12.2 Å². The highest BCUT2D eigenvalue weighted by molar-refractivity contribution is 5.75. The predicted octanol–water partition coefficient (Wildman–Crippen LogP) is 0.0125. The average Bonchev–Trinajstić information content (AvgIpc) is 3.41. The van der Waals surface area contributed by atoms with Gasteiger partial charge in [0.2, 0.25) is 0 Å². The van der Waals surface area contributed by atoms with E-state index in [1.54, 1.807) is 31.7 Å². The largest absolute Gasteiger partial charge is 0.463 e. The Kier molecular flexibility index (Phi) is 8.54. The zero-order valence-corrected chi connectivity index (χ0v) is 22.5. The van der Waals surface area contributed by atoms with Gasteiger partial charge >= 0.3 is 29.8 Å². The molecule has 0 spiro atoms. The third kappa shape index (κ3) is 6.51. The van der Waals surface area contributed by atoms with Crippen LogP contribution in [0.4, 0.5) is 0 Å². The number of aliphatic hydroxyl groups is 1. The van der Waals surface area contributed by atoms with Crippen molar-refractivity contribution in [3.8, 4) is 0 Å². The van der Waals surface area contributed by atoms with E-state index in [1.165, 1.54) is 13.0 Å². The molecule has 13 nitrogen and oxygen atoms in total. The molecule has 212 valence electrons. The van der Waals surface area contributed by atoms with Crippen LogP contribution < -0.4 is 0 Å². The fraction of sp³-hybridized carbons (Fsp3) is 0.720. The Morgan fingerprint density at radius 2 is 1.42 bits per heavy atom. The molecule has 13 heteroatoms. The van der Waals surface area contributed by atoms with Gasteiger partial charge in [-0.1, -0.05) is 12.2 Å². The molecule has 38 heavy (non-hydrogen) atoms. The van der Waals surface area contributed by atoms with Crippen molar-refractivity contribution in [3.63, 3.8) is 0 Å². The zero-order valence-electron chi connectivity index (χ0n) is 22.5. The van der Waals surface area contributed by atoms with E-state index in [1.807, 2.05) is 0 Å². The number of nitrogens with zero attached hydrogens (tertiary/aromatic N) is 1. The molecule has 2 saturated heterocycles. The number of hydrogen-bond acceptors (Lipinski definition) is 13. The van der Waals surface area contributed by atoms with Gasteiger partial charge in [-0.2, -0.15) is 0 Å². The summed E-state index contributed by atoms with van der Waals surface area (Å²) in [7, 11) is 0. The van der Waals surface area contributed by atoms with Gasteiger partial charge in [-0.3, -0.25) is 28.9 Å². The molecule has 2 fully saturated rings. The SMILES string of the molecule is CC(=O)OC[C@H]1O[C@H](N2[C@@H]3C=C[C@](O)(COC(=O)C(C)(C)C)[C@@H]32)[C@H](OC(C)=O)[C@@H](OC(C)=O)[C@@H]1OC(C)=O. The summed E-state index contributed by atoms with van der Waals surface area (Å²) < 4.78 is 33.0. The summed E-state index contributed by atoms with van der Waals surface area (Å²) in [5.41, 5.74) is -2.36. The molecule has 0 aromatic carbocycles. The summed E-state index contributed by atoms with van der Waals surface area (Å²) in [6.07, 6.45) is -2.88. The quantitative estimate of drug-likeness (QED) is 0.189. The van der Waals surface area contributed by atoms with E-state index >= 15 is 0 Å². The van der Waals surface area contributed by atoms with Crippen LogP contribution in [-0.2, 0) is 52.4 Å². The van der Waals surface area contributed by atoms with Crippen LogP contribution >= 0.6 is 0 Å². The van der Waals surface area contributed by atoms with E-state index in [2.05, 4.69) is 0 Å². The second kappa shape index (κ2) is 11.0. The molecule has 3 aliphatic rings. The summed E-state index contributed by atoms with van der Waals surface area (Å²) in [5.74, 6) is -3.32. The summed E-state index contributed by atoms with van der Waals surface area (Å²) >= 11 is 0. The maximum absolute atomic E-state index is 12.3. The van der Waals surface area contributed by atoms with E-state index in [-0.39, 0.29) is 13.2 Å². The fourth-order valence-electron chi connectivity index (χ4n) is 4.69. The monoisotopic (exact) mass is 541 g/mol. The molecule has 1 N–H and O–H groups in total. The van der Waals surface area contributed by atoms with Crippen LogP contribution in [0, 0.1) is 5.41 Å². The van der Waals surface area contributed by atoms with Gasteiger partial charge in [0.15, 0.2) is 24.5 Å². The van der Waals surface area contributed by atoms with Gasteiger partial charge in [-0.25, -0.2) is 0 Å². The van der Waals surface area contributed by atoms with Crippen molar-refractivity contribution in [1.82, 2.24) is 4.90 Å². The van der Waals surface area contributed by atoms with Crippen LogP contribution in [0.1, 0.15) is 48.5 Å². The normalized spacial score (nSPS) is 35.5. The second-order valence-electron chi connectivity index (χ2n) is 10.6. The summed E-state index contributed by atoms with van der Waals surface area (Å²) in [6.45, 7) is 8.99. The second-order valence-corrected chi connectivity index (χ2v) is 10.6. The number of ether oxygens (including phenoxy) is 6. The molecular weight excluding hydrogens is 506 g/mol. The Balaban J connectivity index is 1.92. The van der Waals surface area contributed by atoms with Crippen molar-refractivity contribution in [2.45, 2.75) is 96.8 Å². The Labute approximate surface area is 220 Å². The highest BCUT2D eigenvalue weighted by Gasteiger charge is 2.68. The number of esters is 5. The van der Waals surface area contributed by atoms with Crippen LogP contribution in [0.5, 0.6) is 0 Å². The highest BCUT2D eigenvalue weighted by Crippen LogP contribution is 2.49. The topological polar surface area (TPSA) is 164 Å². The van der Waals surface area contributed by atoms with Crippen LogP contribution in [0.2, 0.25) is 0 Å². The summed E-state index contributed by atoms with van der Waals surface area (Å²) in [4.78, 5) is 61.5. The summed E-state index contributed by atoms with van der Waals surface area (Å²) in [6, 6.07) is -1.02. The maximum atomic E-state index is 12.3. The zero-order chi connectivity index (χ0) is 28.6. The average molecular weight is 542 g/mol. The Bertz CT molecular complexity index is 1000. The predicted molar refractivity (Wildman–Crippen MR) is 126 cm³/mol. The number of carbonyl (C=O) groups is 5. The van der Waals surface area contributed by atoms with Gasteiger partial charge in [-0.05, 0) is 20.8 Å². The molecule has 0 bridgehead atoms. The molecule has 0 amide bonds.